The van der Waals surface area contributed by atoms with Gasteiger partial charge in [-0.1, -0.05) is 13.0 Å². The first-order valence-electron chi connectivity index (χ1n) is 9.48. The van der Waals surface area contributed by atoms with Gasteiger partial charge in [0.2, 0.25) is 0 Å². The van der Waals surface area contributed by atoms with Crippen LogP contribution in [0.5, 0.6) is 5.75 Å². The van der Waals surface area contributed by atoms with Crippen molar-refractivity contribution < 1.29 is 9.53 Å². The Hall–Kier alpha value is -3.28. The van der Waals surface area contributed by atoms with E-state index in [0.29, 0.717) is 17.5 Å². The highest BCUT2D eigenvalue weighted by Crippen LogP contribution is 2.31. The number of aromatic nitrogens is 3. The molecular weight excluding hydrogens is 352 g/mol. The van der Waals surface area contributed by atoms with Crippen LogP contribution in [0.3, 0.4) is 0 Å². The molecule has 2 aromatic heterocycles. The molecule has 1 aliphatic rings. The van der Waals surface area contributed by atoms with Crippen molar-refractivity contribution in [2.45, 2.75) is 39.2 Å². The van der Waals surface area contributed by atoms with Crippen molar-refractivity contribution in [1.82, 2.24) is 15.0 Å². The number of amides is 1. The number of nitrogens with one attached hydrogen (secondary N) is 1. The molecule has 6 nitrogen and oxygen atoms in total. The maximum absolute atomic E-state index is 12.4. The lowest BCUT2D eigenvalue weighted by Crippen LogP contribution is -2.14. The van der Waals surface area contributed by atoms with E-state index in [1.54, 1.807) is 30.9 Å². The summed E-state index contributed by atoms with van der Waals surface area (Å²) in [6.45, 7) is 3.98. The van der Waals surface area contributed by atoms with Gasteiger partial charge in [-0.3, -0.25) is 14.8 Å². The van der Waals surface area contributed by atoms with Crippen molar-refractivity contribution in [2.75, 3.05) is 5.32 Å². The minimum atomic E-state index is -0.248. The molecule has 3 aromatic rings. The highest BCUT2D eigenvalue weighted by atomic mass is 16.5. The molecule has 1 fully saturated rings. The third-order valence-corrected chi connectivity index (χ3v) is 4.74. The van der Waals surface area contributed by atoms with Crippen molar-refractivity contribution in [3.63, 3.8) is 0 Å². The van der Waals surface area contributed by atoms with Crippen molar-refractivity contribution in [1.29, 1.82) is 0 Å². The number of nitrogens with zero attached hydrogens (tertiary/aromatic N) is 3. The number of hydrogen-bond donors (Lipinski definition) is 1. The number of benzene rings is 1. The quantitative estimate of drug-likeness (QED) is 0.700. The summed E-state index contributed by atoms with van der Waals surface area (Å²) in [4.78, 5) is 25.3. The van der Waals surface area contributed by atoms with E-state index >= 15 is 0 Å². The maximum atomic E-state index is 12.4. The lowest BCUT2D eigenvalue weighted by molar-refractivity contribution is 0.102. The molecule has 4 rings (SSSR count). The normalized spacial score (nSPS) is 13.2. The first-order chi connectivity index (χ1) is 13.6. The molecule has 0 unspecified atom stereocenters. The SMILES string of the molecule is CCc1ccc(OC2CC2)cc1-c1cnc(NC(=O)c2cnccc2C)cn1. The second kappa shape index (κ2) is 7.76. The van der Waals surface area contributed by atoms with Crippen molar-refractivity contribution in [3.05, 3.63) is 65.7 Å². The fraction of sp³-hybridized carbons (Fsp3) is 0.273. The fourth-order valence-electron chi connectivity index (χ4n) is 2.97. The Morgan fingerprint density at radius 2 is 2.04 bits per heavy atom. The lowest BCUT2D eigenvalue weighted by Gasteiger charge is -2.12. The third-order valence-electron chi connectivity index (χ3n) is 4.74. The molecule has 2 heterocycles. The Morgan fingerprint density at radius 1 is 1.18 bits per heavy atom. The summed E-state index contributed by atoms with van der Waals surface area (Å²) in [5, 5.41) is 2.77. The van der Waals surface area contributed by atoms with Crippen molar-refractivity contribution in [3.8, 4) is 17.0 Å². The van der Waals surface area contributed by atoms with Crippen LogP contribution in [-0.2, 0) is 6.42 Å². The Labute approximate surface area is 164 Å². The first-order valence-corrected chi connectivity index (χ1v) is 9.48. The second-order valence-corrected chi connectivity index (χ2v) is 6.92. The average Bonchev–Trinajstić information content (AvgIpc) is 3.53. The number of anilines is 1. The molecule has 0 atom stereocenters. The number of carbonyl (C=O) groups is 1. The average molecular weight is 374 g/mol. The van der Waals surface area contributed by atoms with Crippen LogP contribution in [0.15, 0.2) is 49.1 Å². The molecule has 1 N–H and O–H groups in total. The summed E-state index contributed by atoms with van der Waals surface area (Å²) in [7, 11) is 0. The van der Waals surface area contributed by atoms with E-state index in [-0.39, 0.29) is 5.91 Å². The van der Waals surface area contributed by atoms with Crippen LogP contribution in [0.1, 0.15) is 41.3 Å². The van der Waals surface area contributed by atoms with Gasteiger partial charge in [-0.15, -0.1) is 0 Å². The number of pyridine rings is 1. The minimum Gasteiger partial charge on any atom is -0.490 e. The van der Waals surface area contributed by atoms with Gasteiger partial charge in [0.15, 0.2) is 5.82 Å². The molecule has 142 valence electrons. The van der Waals surface area contributed by atoms with Crippen LogP contribution < -0.4 is 10.1 Å². The summed E-state index contributed by atoms with van der Waals surface area (Å²) in [5.41, 5.74) is 4.33. The van der Waals surface area contributed by atoms with Gasteiger partial charge in [-0.25, -0.2) is 4.98 Å². The smallest absolute Gasteiger partial charge is 0.258 e. The van der Waals surface area contributed by atoms with Gasteiger partial charge in [0.05, 0.1) is 29.8 Å². The molecule has 28 heavy (non-hydrogen) atoms. The van der Waals surface area contributed by atoms with E-state index in [1.807, 2.05) is 19.1 Å². The third kappa shape index (κ3) is 4.01. The molecule has 0 saturated heterocycles. The van der Waals surface area contributed by atoms with Crippen molar-refractivity contribution >= 4 is 11.7 Å². The van der Waals surface area contributed by atoms with Crippen LogP contribution in [0.4, 0.5) is 5.82 Å². The van der Waals surface area contributed by atoms with Gasteiger partial charge in [0.25, 0.3) is 5.91 Å². The number of rotatable bonds is 6. The van der Waals surface area contributed by atoms with Gasteiger partial charge in [0.1, 0.15) is 5.75 Å². The Morgan fingerprint density at radius 3 is 2.71 bits per heavy atom. The Balaban J connectivity index is 1.54. The van der Waals surface area contributed by atoms with Crippen LogP contribution in [0.2, 0.25) is 0 Å². The number of carbonyl (C=O) groups excluding carboxylic acids is 1. The zero-order valence-electron chi connectivity index (χ0n) is 16.0. The van der Waals surface area contributed by atoms with Crippen LogP contribution in [0, 0.1) is 6.92 Å². The van der Waals surface area contributed by atoms with E-state index in [1.165, 1.54) is 5.56 Å². The molecule has 6 heteroatoms. The zero-order valence-corrected chi connectivity index (χ0v) is 16.0. The summed E-state index contributed by atoms with van der Waals surface area (Å²) >= 11 is 0. The lowest BCUT2D eigenvalue weighted by atomic mass is 10.0. The highest BCUT2D eigenvalue weighted by molar-refractivity contribution is 6.04. The minimum absolute atomic E-state index is 0.248. The summed E-state index contributed by atoms with van der Waals surface area (Å²) in [5.74, 6) is 1.02. The second-order valence-electron chi connectivity index (χ2n) is 6.92. The molecule has 1 amide bonds. The van der Waals surface area contributed by atoms with Gasteiger partial charge in [0, 0.05) is 18.0 Å². The van der Waals surface area contributed by atoms with Crippen LogP contribution >= 0.6 is 0 Å². The van der Waals surface area contributed by atoms with E-state index in [0.717, 1.165) is 41.8 Å². The van der Waals surface area contributed by atoms with Crippen LogP contribution in [-0.4, -0.2) is 27.0 Å². The van der Waals surface area contributed by atoms with E-state index < -0.39 is 0 Å². The van der Waals surface area contributed by atoms with Gasteiger partial charge in [-0.05, 0) is 55.5 Å². The maximum Gasteiger partial charge on any atom is 0.258 e. The Kier molecular flexibility index (Phi) is 5.02. The first kappa shape index (κ1) is 18.1. The van der Waals surface area contributed by atoms with E-state index in [2.05, 4.69) is 33.3 Å². The summed E-state index contributed by atoms with van der Waals surface area (Å²) < 4.78 is 5.91. The molecule has 1 aliphatic carbocycles. The van der Waals surface area contributed by atoms with Gasteiger partial charge in [-0.2, -0.15) is 0 Å². The molecule has 0 bridgehead atoms. The predicted molar refractivity (Wildman–Crippen MR) is 107 cm³/mol. The summed E-state index contributed by atoms with van der Waals surface area (Å²) in [6, 6.07) is 7.92. The fourth-order valence-corrected chi connectivity index (χ4v) is 2.97. The number of hydrogen-bond acceptors (Lipinski definition) is 5. The molecule has 0 spiro atoms. The van der Waals surface area contributed by atoms with Crippen molar-refractivity contribution in [2.24, 2.45) is 0 Å². The number of ether oxygens (including phenoxy) is 1. The molecule has 0 aliphatic heterocycles. The highest BCUT2D eigenvalue weighted by Gasteiger charge is 2.23. The topological polar surface area (TPSA) is 77.0 Å². The molecule has 0 radical (unpaired) electrons. The zero-order chi connectivity index (χ0) is 19.5. The van der Waals surface area contributed by atoms with Gasteiger partial charge < -0.3 is 10.1 Å². The summed E-state index contributed by atoms with van der Waals surface area (Å²) in [6.07, 6.45) is 9.94. The van der Waals surface area contributed by atoms with E-state index in [9.17, 15) is 4.79 Å². The molecule has 1 saturated carbocycles. The number of aryl methyl sites for hydroxylation is 2. The van der Waals surface area contributed by atoms with E-state index in [4.69, 9.17) is 4.74 Å². The standard InChI is InChI=1S/C22H22N4O2/c1-3-15-4-5-17(28-16-6-7-16)10-18(15)20-12-25-21(13-24-20)26-22(27)19-11-23-9-8-14(19)2/h4-5,8-13,16H,3,6-7H2,1-2H3,(H,25,26,27). The van der Waals surface area contributed by atoms with Gasteiger partial charge >= 0.3 is 0 Å². The van der Waals surface area contributed by atoms with Crippen LogP contribution in [0.25, 0.3) is 11.3 Å². The Bertz CT molecular complexity index is 998. The largest absolute Gasteiger partial charge is 0.490 e. The molecule has 1 aromatic carbocycles. The molecular formula is C22H22N4O2. The predicted octanol–water partition coefficient (Wildman–Crippen LogP) is 4.20. The monoisotopic (exact) mass is 374 g/mol.